The van der Waals surface area contributed by atoms with Crippen LogP contribution in [0, 0.1) is 5.92 Å². The van der Waals surface area contributed by atoms with Gasteiger partial charge >= 0.3 is 0 Å². The van der Waals surface area contributed by atoms with E-state index >= 15 is 0 Å². The number of aliphatic hydroxyl groups is 1. The van der Waals surface area contributed by atoms with Crippen molar-refractivity contribution in [1.82, 2.24) is 20.5 Å². The number of aromatic nitrogens is 3. The molecule has 2 aromatic heterocycles. The van der Waals surface area contributed by atoms with Crippen LogP contribution >= 0.6 is 0 Å². The van der Waals surface area contributed by atoms with Crippen molar-refractivity contribution in [2.24, 2.45) is 5.92 Å². The molecule has 1 amide bonds. The molecule has 0 spiro atoms. The van der Waals surface area contributed by atoms with E-state index in [1.54, 1.807) is 6.20 Å². The number of H-pyrrole nitrogens is 1. The Labute approximate surface area is 233 Å². The van der Waals surface area contributed by atoms with Crippen molar-refractivity contribution >= 4 is 22.5 Å². The molecule has 1 aliphatic carbocycles. The van der Waals surface area contributed by atoms with Crippen molar-refractivity contribution in [1.29, 1.82) is 0 Å². The lowest BCUT2D eigenvalue weighted by atomic mass is 9.91. The van der Waals surface area contributed by atoms with Gasteiger partial charge in [-0.3, -0.25) is 14.9 Å². The molecule has 2 saturated heterocycles. The Hall–Kier alpha value is -3.75. The van der Waals surface area contributed by atoms with Crippen molar-refractivity contribution in [2.75, 3.05) is 18.1 Å². The topological polar surface area (TPSA) is 103 Å². The highest BCUT2D eigenvalue weighted by Gasteiger charge is 2.38. The number of aromatic amines is 1. The predicted molar refractivity (Wildman–Crippen MR) is 154 cm³/mol. The number of hydrogen-bond acceptors (Lipinski definition) is 6. The largest absolute Gasteiger partial charge is 0.393 e. The average molecular weight is 538 g/mol. The number of nitrogens with zero attached hydrogens (tertiary/aromatic N) is 3. The molecule has 3 fully saturated rings. The second kappa shape index (κ2) is 10.7. The van der Waals surface area contributed by atoms with Gasteiger partial charge in [0.2, 0.25) is 0 Å². The minimum Gasteiger partial charge on any atom is -0.393 e. The molecule has 2 aliphatic heterocycles. The molecule has 3 aliphatic rings. The first-order valence-corrected chi connectivity index (χ1v) is 14.5. The molecule has 1 saturated carbocycles. The summed E-state index contributed by atoms with van der Waals surface area (Å²) >= 11 is 0. The molecule has 3 N–H and O–H groups in total. The molecule has 4 aromatic rings. The standard InChI is InChI=1S/C32H35N5O3/c38-26-16-24-18-40-19-25(17-26)37(24)23-11-8-21(9-12-23)30-27-15-22(10-13-28(27)35-36-30)32(39)34-31(20-5-1-2-6-20)29-7-3-4-14-33-29/h3-4,7-15,20,24-26,31,38H,1-2,5-6,16-19H2,(H,34,39)(H,35,36)/t24-,25+,26-,31-/m1/s1. The third kappa shape index (κ3) is 4.75. The molecule has 8 nitrogen and oxygen atoms in total. The smallest absolute Gasteiger partial charge is 0.251 e. The zero-order valence-corrected chi connectivity index (χ0v) is 22.5. The van der Waals surface area contributed by atoms with Gasteiger partial charge in [0, 0.05) is 28.4 Å². The van der Waals surface area contributed by atoms with Crippen LogP contribution in [-0.4, -0.2) is 57.6 Å². The number of aliphatic hydroxyl groups excluding tert-OH is 1. The summed E-state index contributed by atoms with van der Waals surface area (Å²) in [4.78, 5) is 20.5. The number of amides is 1. The normalized spacial score (nSPS) is 23.8. The van der Waals surface area contributed by atoms with E-state index in [1.165, 1.54) is 12.8 Å². The van der Waals surface area contributed by atoms with E-state index in [9.17, 15) is 9.90 Å². The van der Waals surface area contributed by atoms with E-state index in [-0.39, 0.29) is 30.1 Å². The van der Waals surface area contributed by atoms with E-state index in [4.69, 9.17) is 4.74 Å². The second-order valence-electron chi connectivity index (χ2n) is 11.5. The average Bonchev–Trinajstić information content (AvgIpc) is 3.66. The minimum absolute atomic E-state index is 0.0898. The van der Waals surface area contributed by atoms with Crippen LogP contribution in [0.4, 0.5) is 5.69 Å². The fraction of sp³-hybridized carbons (Fsp3) is 0.406. The Kier molecular flexibility index (Phi) is 6.73. The number of piperidine rings is 1. The Morgan fingerprint density at radius 1 is 1.02 bits per heavy atom. The lowest BCUT2D eigenvalue weighted by molar-refractivity contribution is 0.00124. The Balaban J connectivity index is 1.14. The highest BCUT2D eigenvalue weighted by atomic mass is 16.5. The number of benzene rings is 2. The van der Waals surface area contributed by atoms with Crippen LogP contribution in [0.3, 0.4) is 0 Å². The van der Waals surface area contributed by atoms with Gasteiger partial charge < -0.3 is 20.1 Å². The van der Waals surface area contributed by atoms with Crippen molar-refractivity contribution in [3.63, 3.8) is 0 Å². The van der Waals surface area contributed by atoms with Crippen LogP contribution in [0.2, 0.25) is 0 Å². The highest BCUT2D eigenvalue weighted by Crippen LogP contribution is 2.37. The highest BCUT2D eigenvalue weighted by molar-refractivity contribution is 6.01. The third-order valence-electron chi connectivity index (χ3n) is 8.92. The summed E-state index contributed by atoms with van der Waals surface area (Å²) in [6.45, 7) is 1.29. The van der Waals surface area contributed by atoms with Crippen molar-refractivity contribution in [2.45, 2.75) is 62.8 Å². The van der Waals surface area contributed by atoms with Crippen molar-refractivity contribution in [3.05, 3.63) is 78.1 Å². The Morgan fingerprint density at radius 2 is 1.80 bits per heavy atom. The number of fused-ring (bicyclic) bond motifs is 3. The molecular formula is C32H35N5O3. The number of carbonyl (C=O) groups is 1. The quantitative estimate of drug-likeness (QED) is 0.319. The maximum absolute atomic E-state index is 13.5. The summed E-state index contributed by atoms with van der Waals surface area (Å²) in [5, 5.41) is 22.2. The first-order valence-electron chi connectivity index (χ1n) is 14.5. The van der Waals surface area contributed by atoms with Gasteiger partial charge in [-0.1, -0.05) is 31.0 Å². The minimum atomic E-state index is -0.256. The maximum Gasteiger partial charge on any atom is 0.251 e. The van der Waals surface area contributed by atoms with E-state index in [0.717, 1.165) is 59.2 Å². The molecule has 206 valence electrons. The van der Waals surface area contributed by atoms with E-state index in [0.29, 0.717) is 24.7 Å². The number of pyridine rings is 1. The Bertz CT molecular complexity index is 1470. The fourth-order valence-corrected chi connectivity index (χ4v) is 6.98. The van der Waals surface area contributed by atoms with Gasteiger partial charge in [0.1, 0.15) is 0 Å². The third-order valence-corrected chi connectivity index (χ3v) is 8.92. The SMILES string of the molecule is O=C(N[C@@H](c1ccccn1)C1CCCC1)c1ccc2[nH]nc(-c3ccc(N4[C@@H]5COC[C@H]4C[C@@H](O)C5)cc3)c2c1. The van der Waals surface area contributed by atoms with Gasteiger partial charge in [-0.25, -0.2) is 0 Å². The summed E-state index contributed by atoms with van der Waals surface area (Å²) in [7, 11) is 0. The predicted octanol–water partition coefficient (Wildman–Crippen LogP) is 5.01. The molecule has 7 rings (SSSR count). The number of morpholine rings is 1. The van der Waals surface area contributed by atoms with Crippen LogP contribution in [0.1, 0.15) is 60.6 Å². The number of carbonyl (C=O) groups excluding carboxylic acids is 1. The van der Waals surface area contributed by atoms with Crippen LogP contribution < -0.4 is 10.2 Å². The lowest BCUT2D eigenvalue weighted by Gasteiger charge is -2.48. The van der Waals surface area contributed by atoms with Crippen LogP contribution in [0.5, 0.6) is 0 Å². The first kappa shape index (κ1) is 25.2. The van der Waals surface area contributed by atoms with Gasteiger partial charge in [0.15, 0.2) is 0 Å². The molecular weight excluding hydrogens is 502 g/mol. The number of nitrogens with one attached hydrogen (secondary N) is 2. The van der Waals surface area contributed by atoms with Gasteiger partial charge in [-0.2, -0.15) is 5.10 Å². The van der Waals surface area contributed by atoms with Gasteiger partial charge in [0.05, 0.1) is 54.3 Å². The van der Waals surface area contributed by atoms with Crippen LogP contribution in [-0.2, 0) is 4.74 Å². The number of anilines is 1. The molecule has 0 radical (unpaired) electrons. The maximum atomic E-state index is 13.5. The van der Waals surface area contributed by atoms with E-state index in [1.807, 2.05) is 36.4 Å². The van der Waals surface area contributed by atoms with Gasteiger partial charge in [-0.05, 0) is 74.1 Å². The number of hydrogen-bond donors (Lipinski definition) is 3. The van der Waals surface area contributed by atoms with Crippen molar-refractivity contribution < 1.29 is 14.6 Å². The van der Waals surface area contributed by atoms with Crippen LogP contribution in [0.15, 0.2) is 66.9 Å². The zero-order chi connectivity index (χ0) is 27.1. The summed E-state index contributed by atoms with van der Waals surface area (Å²) < 4.78 is 5.77. The second-order valence-corrected chi connectivity index (χ2v) is 11.5. The van der Waals surface area contributed by atoms with Gasteiger partial charge in [-0.15, -0.1) is 0 Å². The molecule has 2 aromatic carbocycles. The van der Waals surface area contributed by atoms with Crippen molar-refractivity contribution in [3.8, 4) is 11.3 Å². The lowest BCUT2D eigenvalue weighted by Crippen LogP contribution is -2.58. The first-order chi connectivity index (χ1) is 19.6. The molecule has 4 heterocycles. The fourth-order valence-electron chi connectivity index (χ4n) is 6.98. The van der Waals surface area contributed by atoms with E-state index < -0.39 is 0 Å². The summed E-state index contributed by atoms with van der Waals surface area (Å²) in [5.41, 5.74) is 5.39. The monoisotopic (exact) mass is 537 g/mol. The number of rotatable bonds is 6. The van der Waals surface area contributed by atoms with Gasteiger partial charge in [0.25, 0.3) is 5.91 Å². The van der Waals surface area contributed by atoms with Crippen LogP contribution in [0.25, 0.3) is 22.2 Å². The summed E-state index contributed by atoms with van der Waals surface area (Å²) in [5.74, 6) is 0.313. The van der Waals surface area contributed by atoms with E-state index in [2.05, 4.69) is 49.7 Å². The number of ether oxygens (including phenoxy) is 1. The zero-order valence-electron chi connectivity index (χ0n) is 22.5. The summed E-state index contributed by atoms with van der Waals surface area (Å²) in [6.07, 6.45) is 7.61. The summed E-state index contributed by atoms with van der Waals surface area (Å²) in [6, 6.07) is 20.4. The Morgan fingerprint density at radius 3 is 2.52 bits per heavy atom. The molecule has 8 heteroatoms. The molecule has 4 atom stereocenters. The molecule has 2 bridgehead atoms. The molecule has 0 unspecified atom stereocenters. The molecule has 40 heavy (non-hydrogen) atoms.